The maximum Gasteiger partial charge on any atom is 0.317 e. The van der Waals surface area contributed by atoms with Gasteiger partial charge in [0.05, 0.1) is 42.0 Å². The number of aromatic nitrogens is 1. The molecule has 0 saturated carbocycles. The number of nitrogens with zero attached hydrogens (tertiary/aromatic N) is 2. The number of urea groups is 1. The number of carbonyl (C=O) groups excluding carboxylic acids is 1. The van der Waals surface area contributed by atoms with Crippen LogP contribution in [0.15, 0.2) is 5.51 Å². The predicted octanol–water partition coefficient (Wildman–Crippen LogP) is 2.55. The summed E-state index contributed by atoms with van der Waals surface area (Å²) < 4.78 is 5.98. The Morgan fingerprint density at radius 3 is 2.50 bits per heavy atom. The smallest absolute Gasteiger partial charge is 0.317 e. The zero-order chi connectivity index (χ0) is 15.0. The van der Waals surface area contributed by atoms with Crippen LogP contribution in [-0.4, -0.2) is 40.2 Å². The fraction of sp³-hybridized carbons (Fsp3) is 0.714. The summed E-state index contributed by atoms with van der Waals surface area (Å²) in [6, 6.07) is -0.0396. The molecule has 6 heteroatoms. The average Bonchev–Trinajstić information content (AvgIpc) is 2.67. The van der Waals surface area contributed by atoms with E-state index in [1.54, 1.807) is 16.8 Å². The number of thiazole rings is 1. The van der Waals surface area contributed by atoms with Crippen molar-refractivity contribution in [2.45, 2.75) is 52.4 Å². The molecule has 0 aromatic carbocycles. The monoisotopic (exact) mass is 297 g/mol. The third-order valence-electron chi connectivity index (χ3n) is 3.23. The van der Waals surface area contributed by atoms with Gasteiger partial charge in [0.1, 0.15) is 0 Å². The van der Waals surface area contributed by atoms with Crippen LogP contribution in [0.2, 0.25) is 0 Å². The van der Waals surface area contributed by atoms with E-state index in [2.05, 4.69) is 10.3 Å². The van der Waals surface area contributed by atoms with Gasteiger partial charge in [-0.3, -0.25) is 0 Å². The van der Waals surface area contributed by atoms with Gasteiger partial charge in [-0.25, -0.2) is 9.78 Å². The number of rotatable bonds is 2. The number of hydrogen-bond acceptors (Lipinski definition) is 4. The lowest BCUT2D eigenvalue weighted by atomic mass is 9.99. The normalized spacial score (nSPS) is 20.8. The van der Waals surface area contributed by atoms with Crippen LogP contribution in [0.5, 0.6) is 0 Å². The van der Waals surface area contributed by atoms with Crippen molar-refractivity contribution >= 4 is 17.4 Å². The highest BCUT2D eigenvalue weighted by Gasteiger charge is 2.39. The molecular formula is C14H23N3O2S. The molecule has 1 aromatic heterocycles. The first-order chi connectivity index (χ1) is 9.19. The molecule has 1 N–H and O–H groups in total. The first-order valence-corrected chi connectivity index (χ1v) is 7.68. The number of amides is 2. The Morgan fingerprint density at radius 1 is 1.40 bits per heavy atom. The lowest BCUT2D eigenvalue weighted by Crippen LogP contribution is -2.60. The molecule has 1 aromatic rings. The molecule has 1 aliphatic rings. The van der Waals surface area contributed by atoms with Gasteiger partial charge in [0.2, 0.25) is 0 Å². The van der Waals surface area contributed by atoms with Gasteiger partial charge in [-0.1, -0.05) is 0 Å². The summed E-state index contributed by atoms with van der Waals surface area (Å²) >= 11 is 1.57. The van der Waals surface area contributed by atoms with Gasteiger partial charge in [0.25, 0.3) is 0 Å². The molecule has 0 unspecified atom stereocenters. The van der Waals surface area contributed by atoms with Crippen LogP contribution < -0.4 is 5.32 Å². The number of hydrogen-bond donors (Lipinski definition) is 1. The van der Waals surface area contributed by atoms with Crippen LogP contribution in [0.3, 0.4) is 0 Å². The molecule has 0 atom stereocenters. The molecule has 1 aliphatic heterocycles. The molecule has 1 saturated heterocycles. The highest BCUT2D eigenvalue weighted by Crippen LogP contribution is 2.28. The molecule has 0 aliphatic carbocycles. The summed E-state index contributed by atoms with van der Waals surface area (Å²) in [6.07, 6.45) is 0. The summed E-state index contributed by atoms with van der Waals surface area (Å²) in [7, 11) is 0. The maximum absolute atomic E-state index is 12.3. The zero-order valence-electron chi connectivity index (χ0n) is 12.8. The van der Waals surface area contributed by atoms with Crippen LogP contribution in [0.1, 0.15) is 38.3 Å². The van der Waals surface area contributed by atoms with E-state index in [0.29, 0.717) is 19.6 Å². The maximum atomic E-state index is 12.3. The van der Waals surface area contributed by atoms with Crippen LogP contribution >= 0.6 is 11.3 Å². The Hall–Kier alpha value is -1.14. The fourth-order valence-electron chi connectivity index (χ4n) is 2.69. The molecule has 112 valence electrons. The van der Waals surface area contributed by atoms with Gasteiger partial charge in [-0.2, -0.15) is 0 Å². The van der Waals surface area contributed by atoms with Crippen molar-refractivity contribution in [3.8, 4) is 0 Å². The molecule has 2 heterocycles. The molecular weight excluding hydrogens is 274 g/mol. The van der Waals surface area contributed by atoms with Gasteiger partial charge in [0, 0.05) is 4.88 Å². The van der Waals surface area contributed by atoms with E-state index in [1.807, 2.05) is 39.5 Å². The molecule has 1 fully saturated rings. The van der Waals surface area contributed by atoms with E-state index < -0.39 is 0 Å². The summed E-state index contributed by atoms with van der Waals surface area (Å²) in [5, 5.41) is 2.97. The van der Waals surface area contributed by atoms with Crippen molar-refractivity contribution in [2.75, 3.05) is 13.1 Å². The Labute approximate surface area is 124 Å². The quantitative estimate of drug-likeness (QED) is 0.912. The molecule has 2 rings (SSSR count). The van der Waals surface area contributed by atoms with E-state index in [1.165, 1.54) is 0 Å². The van der Waals surface area contributed by atoms with Gasteiger partial charge >= 0.3 is 6.03 Å². The summed E-state index contributed by atoms with van der Waals surface area (Å²) in [5.41, 5.74) is 2.15. The minimum Gasteiger partial charge on any atom is -0.366 e. The van der Waals surface area contributed by atoms with Crippen molar-refractivity contribution in [2.24, 2.45) is 0 Å². The zero-order valence-corrected chi connectivity index (χ0v) is 13.6. The highest BCUT2D eigenvalue weighted by atomic mass is 32.1. The van der Waals surface area contributed by atoms with Gasteiger partial charge in [-0.05, 0) is 34.6 Å². The first kappa shape index (κ1) is 15.3. The lowest BCUT2D eigenvalue weighted by Gasteiger charge is -2.46. The lowest BCUT2D eigenvalue weighted by molar-refractivity contribution is -0.170. The highest BCUT2D eigenvalue weighted by molar-refractivity contribution is 7.09. The third-order valence-corrected chi connectivity index (χ3v) is 4.16. The van der Waals surface area contributed by atoms with Crippen molar-refractivity contribution in [1.82, 2.24) is 15.2 Å². The first-order valence-electron chi connectivity index (χ1n) is 6.80. The average molecular weight is 297 g/mol. The van der Waals surface area contributed by atoms with Gasteiger partial charge in [0.15, 0.2) is 0 Å². The second-order valence-corrected chi connectivity index (χ2v) is 7.44. The Bertz CT molecular complexity index is 480. The van der Waals surface area contributed by atoms with E-state index >= 15 is 0 Å². The molecule has 5 nitrogen and oxygen atoms in total. The van der Waals surface area contributed by atoms with Crippen molar-refractivity contribution in [3.05, 3.63) is 16.1 Å². The van der Waals surface area contributed by atoms with E-state index in [-0.39, 0.29) is 17.2 Å². The van der Waals surface area contributed by atoms with Crippen molar-refractivity contribution in [3.63, 3.8) is 0 Å². The second-order valence-electron chi connectivity index (χ2n) is 6.50. The number of carbonyl (C=O) groups is 1. The second kappa shape index (κ2) is 5.33. The number of morpholine rings is 1. The minimum absolute atomic E-state index is 0.0396. The van der Waals surface area contributed by atoms with Crippen molar-refractivity contribution in [1.29, 1.82) is 0 Å². The molecule has 0 radical (unpaired) electrons. The van der Waals surface area contributed by atoms with Crippen LogP contribution in [0, 0.1) is 6.92 Å². The number of aryl methyl sites for hydroxylation is 1. The van der Waals surface area contributed by atoms with E-state index in [4.69, 9.17) is 4.74 Å². The SMILES string of the molecule is Cc1ncsc1CNC(=O)N1CC(C)(C)OC(C)(C)C1. The Balaban J connectivity index is 1.97. The predicted molar refractivity (Wildman–Crippen MR) is 79.9 cm³/mol. The van der Waals surface area contributed by atoms with Crippen LogP contribution in [0.25, 0.3) is 0 Å². The standard InChI is InChI=1S/C14H23N3O2S/c1-10-11(20-9-16-10)6-15-12(18)17-7-13(2,3)19-14(4,5)8-17/h9H,6-8H2,1-5H3,(H,15,18). The largest absolute Gasteiger partial charge is 0.366 e. The van der Waals surface area contributed by atoms with E-state index in [0.717, 1.165) is 10.6 Å². The van der Waals surface area contributed by atoms with Gasteiger partial charge < -0.3 is 15.0 Å². The Kier molecular flexibility index (Phi) is 4.07. The topological polar surface area (TPSA) is 54.5 Å². The van der Waals surface area contributed by atoms with Crippen LogP contribution in [-0.2, 0) is 11.3 Å². The summed E-state index contributed by atoms with van der Waals surface area (Å²) in [5.74, 6) is 0. The minimum atomic E-state index is -0.320. The van der Waals surface area contributed by atoms with Crippen LogP contribution in [0.4, 0.5) is 4.79 Å². The fourth-order valence-corrected chi connectivity index (χ4v) is 3.41. The molecule has 2 amide bonds. The summed E-state index contributed by atoms with van der Waals surface area (Å²) in [4.78, 5) is 19.4. The van der Waals surface area contributed by atoms with E-state index in [9.17, 15) is 4.79 Å². The number of ether oxygens (including phenoxy) is 1. The molecule has 0 spiro atoms. The molecule has 0 bridgehead atoms. The third kappa shape index (κ3) is 3.70. The Morgan fingerprint density at radius 2 is 2.00 bits per heavy atom. The van der Waals surface area contributed by atoms with Crippen molar-refractivity contribution < 1.29 is 9.53 Å². The number of nitrogens with one attached hydrogen (secondary N) is 1. The molecule has 20 heavy (non-hydrogen) atoms. The summed E-state index contributed by atoms with van der Waals surface area (Å²) in [6.45, 7) is 11.8. The van der Waals surface area contributed by atoms with Gasteiger partial charge in [-0.15, -0.1) is 11.3 Å².